The molecule has 0 atom stereocenters. The number of hydrogen-bond acceptors (Lipinski definition) is 1. The third kappa shape index (κ3) is 3.01. The number of benzene rings is 2. The lowest BCUT2D eigenvalue weighted by atomic mass is 9.96. The minimum atomic E-state index is -0.198. The maximum Gasteiger partial charge on any atom is 0.193 e. The summed E-state index contributed by atoms with van der Waals surface area (Å²) in [7, 11) is 0. The highest BCUT2D eigenvalue weighted by atomic mass is 19.1. The first-order chi connectivity index (χ1) is 11.6. The van der Waals surface area contributed by atoms with Crippen molar-refractivity contribution < 1.29 is 4.39 Å². The number of nitrogens with zero attached hydrogens (tertiary/aromatic N) is 1. The maximum absolute atomic E-state index is 13.1. The topological polar surface area (TPSA) is 50.4 Å². The first kappa shape index (κ1) is 15.2. The highest BCUT2D eigenvalue weighted by Crippen LogP contribution is 2.48. The van der Waals surface area contributed by atoms with E-state index >= 15 is 0 Å². The number of hydrogen-bond donors (Lipinski definition) is 2. The Morgan fingerprint density at radius 2 is 1.83 bits per heavy atom. The van der Waals surface area contributed by atoms with Gasteiger partial charge >= 0.3 is 0 Å². The average Bonchev–Trinajstić information content (AvgIpc) is 3.23. The van der Waals surface area contributed by atoms with Crippen LogP contribution in [-0.4, -0.2) is 12.5 Å². The van der Waals surface area contributed by atoms with Gasteiger partial charge in [0, 0.05) is 11.1 Å². The van der Waals surface area contributed by atoms with Crippen molar-refractivity contribution in [2.24, 2.45) is 10.7 Å². The molecule has 2 aromatic rings. The van der Waals surface area contributed by atoms with E-state index in [1.807, 2.05) is 12.1 Å². The Labute approximate surface area is 141 Å². The molecule has 3 N–H and O–H groups in total. The second-order valence-electron chi connectivity index (χ2n) is 6.95. The summed E-state index contributed by atoms with van der Waals surface area (Å²) < 4.78 is 13.1. The standard InChI is InChI=1S/C20H22FN3/c21-17-7-5-16(6-8-17)20(10-11-20)13-23-19(22)24-18-9-4-14-2-1-3-15(14)12-18/h4-9,12H,1-3,10-11,13H2,(H3,22,23,24). The molecule has 2 aliphatic carbocycles. The summed E-state index contributed by atoms with van der Waals surface area (Å²) in [5.41, 5.74) is 11.1. The lowest BCUT2D eigenvalue weighted by Crippen LogP contribution is -2.25. The Kier molecular flexibility index (Phi) is 3.75. The van der Waals surface area contributed by atoms with Crippen molar-refractivity contribution in [1.29, 1.82) is 0 Å². The molecule has 0 aromatic heterocycles. The summed E-state index contributed by atoms with van der Waals surface area (Å²) in [6.07, 6.45) is 5.72. The SMILES string of the molecule is NC(=NCC1(c2ccc(F)cc2)CC1)Nc1ccc2c(c1)CCC2. The van der Waals surface area contributed by atoms with E-state index in [0.29, 0.717) is 12.5 Å². The molecule has 0 aliphatic heterocycles. The van der Waals surface area contributed by atoms with Gasteiger partial charge in [0.2, 0.25) is 0 Å². The fourth-order valence-corrected chi connectivity index (χ4v) is 3.57. The number of fused-ring (bicyclic) bond motifs is 1. The molecule has 2 aliphatic rings. The largest absolute Gasteiger partial charge is 0.370 e. The Balaban J connectivity index is 1.43. The lowest BCUT2D eigenvalue weighted by Gasteiger charge is -2.14. The molecule has 4 heteroatoms. The van der Waals surface area contributed by atoms with E-state index < -0.39 is 0 Å². The molecule has 24 heavy (non-hydrogen) atoms. The highest BCUT2D eigenvalue weighted by Gasteiger charge is 2.44. The van der Waals surface area contributed by atoms with Gasteiger partial charge in [-0.2, -0.15) is 0 Å². The third-order valence-corrected chi connectivity index (χ3v) is 5.23. The van der Waals surface area contributed by atoms with Crippen LogP contribution in [-0.2, 0) is 18.3 Å². The Hall–Kier alpha value is -2.36. The number of nitrogens with one attached hydrogen (secondary N) is 1. The average molecular weight is 323 g/mol. The molecule has 2 aromatic carbocycles. The number of aliphatic imine (C=N–C) groups is 1. The Bertz CT molecular complexity index is 776. The second kappa shape index (κ2) is 5.93. The highest BCUT2D eigenvalue weighted by molar-refractivity contribution is 5.92. The predicted molar refractivity (Wildman–Crippen MR) is 95.9 cm³/mol. The first-order valence-electron chi connectivity index (χ1n) is 8.59. The fourth-order valence-electron chi connectivity index (χ4n) is 3.57. The van der Waals surface area contributed by atoms with Gasteiger partial charge in [-0.05, 0) is 73.1 Å². The molecule has 4 rings (SSSR count). The van der Waals surface area contributed by atoms with Crippen LogP contribution in [0.2, 0.25) is 0 Å². The molecule has 0 spiro atoms. The van der Waals surface area contributed by atoms with E-state index in [-0.39, 0.29) is 11.2 Å². The van der Waals surface area contributed by atoms with Gasteiger partial charge in [-0.3, -0.25) is 4.99 Å². The third-order valence-electron chi connectivity index (χ3n) is 5.23. The molecule has 0 bridgehead atoms. The zero-order valence-electron chi connectivity index (χ0n) is 13.7. The van der Waals surface area contributed by atoms with Crippen LogP contribution in [0.4, 0.5) is 10.1 Å². The van der Waals surface area contributed by atoms with Gasteiger partial charge in [0.25, 0.3) is 0 Å². The van der Waals surface area contributed by atoms with Crippen molar-refractivity contribution in [3.63, 3.8) is 0 Å². The van der Waals surface area contributed by atoms with Gasteiger partial charge in [-0.15, -0.1) is 0 Å². The number of halogens is 1. The quantitative estimate of drug-likeness (QED) is 0.665. The van der Waals surface area contributed by atoms with Gasteiger partial charge in [-0.25, -0.2) is 4.39 Å². The maximum atomic E-state index is 13.1. The van der Waals surface area contributed by atoms with Gasteiger partial charge < -0.3 is 11.1 Å². The zero-order valence-corrected chi connectivity index (χ0v) is 13.7. The van der Waals surface area contributed by atoms with Crippen LogP contribution in [0.25, 0.3) is 0 Å². The van der Waals surface area contributed by atoms with Crippen molar-refractivity contribution in [3.8, 4) is 0 Å². The minimum Gasteiger partial charge on any atom is -0.370 e. The van der Waals surface area contributed by atoms with Gasteiger partial charge in [-0.1, -0.05) is 18.2 Å². The van der Waals surface area contributed by atoms with Crippen LogP contribution in [0.1, 0.15) is 36.0 Å². The minimum absolute atomic E-state index is 0.0396. The van der Waals surface area contributed by atoms with Gasteiger partial charge in [0.05, 0.1) is 6.54 Å². The summed E-state index contributed by atoms with van der Waals surface area (Å²) in [5.74, 6) is 0.247. The van der Waals surface area contributed by atoms with E-state index in [9.17, 15) is 4.39 Å². The number of guanidine groups is 1. The molecule has 1 fully saturated rings. The zero-order chi connectivity index (χ0) is 16.6. The van der Waals surface area contributed by atoms with Crippen molar-refractivity contribution in [3.05, 3.63) is 65.0 Å². The smallest absolute Gasteiger partial charge is 0.193 e. The molecular formula is C20H22FN3. The number of aryl methyl sites for hydroxylation is 2. The van der Waals surface area contributed by atoms with E-state index in [0.717, 1.165) is 30.5 Å². The van der Waals surface area contributed by atoms with Crippen molar-refractivity contribution in [2.75, 3.05) is 11.9 Å². The van der Waals surface area contributed by atoms with Crippen LogP contribution in [0.3, 0.4) is 0 Å². The first-order valence-corrected chi connectivity index (χ1v) is 8.59. The molecule has 0 radical (unpaired) electrons. The van der Waals surface area contributed by atoms with Crippen LogP contribution in [0.15, 0.2) is 47.5 Å². The fraction of sp³-hybridized carbons (Fsp3) is 0.350. The lowest BCUT2D eigenvalue weighted by molar-refractivity contribution is 0.623. The molecule has 0 heterocycles. The van der Waals surface area contributed by atoms with Crippen LogP contribution < -0.4 is 11.1 Å². The molecule has 0 unspecified atom stereocenters. The molecule has 0 amide bonds. The van der Waals surface area contributed by atoms with E-state index in [4.69, 9.17) is 5.73 Å². The Morgan fingerprint density at radius 3 is 2.58 bits per heavy atom. The number of rotatable bonds is 4. The van der Waals surface area contributed by atoms with E-state index in [1.165, 1.54) is 36.1 Å². The molecule has 3 nitrogen and oxygen atoms in total. The van der Waals surface area contributed by atoms with E-state index in [2.05, 4.69) is 28.5 Å². The van der Waals surface area contributed by atoms with Crippen molar-refractivity contribution in [2.45, 2.75) is 37.5 Å². The Morgan fingerprint density at radius 1 is 1.08 bits per heavy atom. The summed E-state index contributed by atoms with van der Waals surface area (Å²) >= 11 is 0. The van der Waals surface area contributed by atoms with Gasteiger partial charge in [0.15, 0.2) is 5.96 Å². The predicted octanol–water partition coefficient (Wildman–Crippen LogP) is 3.77. The molecule has 124 valence electrons. The summed E-state index contributed by atoms with van der Waals surface area (Å²) in [6, 6.07) is 13.2. The van der Waals surface area contributed by atoms with Crippen molar-refractivity contribution >= 4 is 11.6 Å². The number of anilines is 1. The molecule has 0 saturated heterocycles. The van der Waals surface area contributed by atoms with Gasteiger partial charge in [0.1, 0.15) is 5.82 Å². The monoisotopic (exact) mass is 323 g/mol. The van der Waals surface area contributed by atoms with Crippen LogP contribution >= 0.6 is 0 Å². The summed E-state index contributed by atoms with van der Waals surface area (Å²) in [5, 5.41) is 3.20. The summed E-state index contributed by atoms with van der Waals surface area (Å²) in [6.45, 7) is 0.641. The van der Waals surface area contributed by atoms with E-state index in [1.54, 1.807) is 0 Å². The van der Waals surface area contributed by atoms with Crippen LogP contribution in [0, 0.1) is 5.82 Å². The molecular weight excluding hydrogens is 301 g/mol. The normalized spacial score (nSPS) is 18.3. The number of nitrogens with two attached hydrogens (primary N) is 1. The second-order valence-corrected chi connectivity index (χ2v) is 6.95. The summed E-state index contributed by atoms with van der Waals surface area (Å²) in [4.78, 5) is 4.54. The molecule has 1 saturated carbocycles. The van der Waals surface area contributed by atoms with Crippen molar-refractivity contribution in [1.82, 2.24) is 0 Å². The van der Waals surface area contributed by atoms with Crippen LogP contribution in [0.5, 0.6) is 0 Å².